The fraction of sp³-hybridized carbons (Fsp3) is 0.545. The van der Waals surface area contributed by atoms with Gasteiger partial charge in [-0.05, 0) is 18.6 Å². The molecule has 1 saturated heterocycles. The Bertz CT molecular complexity index is 504. The SMILES string of the molecule is CCC1COCCN1S(=O)(=O)c1ccc(Cl)nc1. The number of hydrogen-bond donors (Lipinski definition) is 0. The normalized spacial score (nSPS) is 22.0. The van der Waals surface area contributed by atoms with Crippen LogP contribution < -0.4 is 0 Å². The lowest BCUT2D eigenvalue weighted by molar-refractivity contribution is 0.0314. The highest BCUT2D eigenvalue weighted by molar-refractivity contribution is 7.89. The van der Waals surface area contributed by atoms with Gasteiger partial charge in [0.15, 0.2) is 0 Å². The molecule has 0 radical (unpaired) electrons. The minimum absolute atomic E-state index is 0.112. The van der Waals surface area contributed by atoms with E-state index in [0.717, 1.165) is 6.42 Å². The van der Waals surface area contributed by atoms with Crippen LogP contribution >= 0.6 is 11.6 Å². The Balaban J connectivity index is 2.32. The van der Waals surface area contributed by atoms with Crippen molar-refractivity contribution < 1.29 is 13.2 Å². The van der Waals surface area contributed by atoms with Crippen molar-refractivity contribution in [1.82, 2.24) is 9.29 Å². The second kappa shape index (κ2) is 5.52. The summed E-state index contributed by atoms with van der Waals surface area (Å²) in [5, 5.41) is 0.281. The molecule has 2 heterocycles. The van der Waals surface area contributed by atoms with Crippen LogP contribution in [-0.2, 0) is 14.8 Å². The molecule has 0 aromatic carbocycles. The standard InChI is InChI=1S/C11H15ClN2O3S/c1-2-9-8-17-6-5-14(9)18(15,16)10-3-4-11(12)13-7-10/h3-4,7,9H,2,5-6,8H2,1H3. The predicted octanol–water partition coefficient (Wildman–Crippen LogP) is 1.53. The molecule has 1 aromatic heterocycles. The van der Waals surface area contributed by atoms with Crippen molar-refractivity contribution in [2.45, 2.75) is 24.3 Å². The Morgan fingerprint density at radius 1 is 1.56 bits per heavy atom. The first-order valence-electron chi connectivity index (χ1n) is 5.77. The van der Waals surface area contributed by atoms with Gasteiger partial charge in [0.25, 0.3) is 0 Å². The second-order valence-electron chi connectivity index (χ2n) is 4.07. The smallest absolute Gasteiger partial charge is 0.245 e. The summed E-state index contributed by atoms with van der Waals surface area (Å²) in [5.41, 5.74) is 0. The van der Waals surface area contributed by atoms with Gasteiger partial charge >= 0.3 is 0 Å². The summed E-state index contributed by atoms with van der Waals surface area (Å²) >= 11 is 5.66. The Hall–Kier alpha value is -0.690. The van der Waals surface area contributed by atoms with Crippen molar-refractivity contribution in [3.63, 3.8) is 0 Å². The van der Waals surface area contributed by atoms with Crippen LogP contribution in [0, 0.1) is 0 Å². The summed E-state index contributed by atoms with van der Waals surface area (Å²) in [6, 6.07) is 2.85. The maximum atomic E-state index is 12.5. The molecule has 1 fully saturated rings. The Labute approximate surface area is 112 Å². The zero-order valence-electron chi connectivity index (χ0n) is 10.0. The monoisotopic (exact) mass is 290 g/mol. The summed E-state index contributed by atoms with van der Waals surface area (Å²) in [7, 11) is -3.51. The van der Waals surface area contributed by atoms with Gasteiger partial charge in [-0.15, -0.1) is 0 Å². The van der Waals surface area contributed by atoms with Crippen molar-refractivity contribution >= 4 is 21.6 Å². The molecule has 7 heteroatoms. The zero-order chi connectivity index (χ0) is 13.2. The van der Waals surface area contributed by atoms with Gasteiger partial charge in [0, 0.05) is 18.8 Å². The predicted molar refractivity (Wildman–Crippen MR) is 68.0 cm³/mol. The fourth-order valence-corrected chi connectivity index (χ4v) is 3.65. The van der Waals surface area contributed by atoms with Crippen molar-refractivity contribution in [2.24, 2.45) is 0 Å². The van der Waals surface area contributed by atoms with Crippen molar-refractivity contribution in [3.05, 3.63) is 23.5 Å². The Morgan fingerprint density at radius 3 is 2.94 bits per heavy atom. The van der Waals surface area contributed by atoms with Crippen LogP contribution in [0.1, 0.15) is 13.3 Å². The van der Waals surface area contributed by atoms with Crippen LogP contribution in [0.15, 0.2) is 23.2 Å². The van der Waals surface area contributed by atoms with E-state index in [1.807, 2.05) is 6.92 Å². The summed E-state index contributed by atoms with van der Waals surface area (Å²) in [6.07, 6.45) is 2.01. The van der Waals surface area contributed by atoms with E-state index >= 15 is 0 Å². The number of rotatable bonds is 3. The maximum Gasteiger partial charge on any atom is 0.245 e. The molecule has 100 valence electrons. The van der Waals surface area contributed by atoms with Crippen LogP contribution in [0.3, 0.4) is 0 Å². The molecule has 1 atom stereocenters. The van der Waals surface area contributed by atoms with Gasteiger partial charge in [0.05, 0.1) is 13.2 Å². The molecule has 0 amide bonds. The van der Waals surface area contributed by atoms with Gasteiger partial charge in [0.2, 0.25) is 10.0 Å². The van der Waals surface area contributed by atoms with E-state index in [0.29, 0.717) is 19.8 Å². The van der Waals surface area contributed by atoms with Crippen LogP contribution in [0.5, 0.6) is 0 Å². The number of ether oxygens (including phenoxy) is 1. The second-order valence-corrected chi connectivity index (χ2v) is 6.35. The maximum absolute atomic E-state index is 12.5. The van der Waals surface area contributed by atoms with E-state index in [2.05, 4.69) is 4.98 Å². The lowest BCUT2D eigenvalue weighted by Gasteiger charge is -2.33. The van der Waals surface area contributed by atoms with Crippen LogP contribution in [0.4, 0.5) is 0 Å². The lowest BCUT2D eigenvalue weighted by atomic mass is 10.2. The van der Waals surface area contributed by atoms with E-state index in [4.69, 9.17) is 16.3 Å². The molecule has 1 aliphatic rings. The molecule has 0 spiro atoms. The number of morpholine rings is 1. The molecule has 2 rings (SSSR count). The number of nitrogens with zero attached hydrogens (tertiary/aromatic N) is 2. The van der Waals surface area contributed by atoms with Gasteiger partial charge in [-0.3, -0.25) is 0 Å². The summed E-state index contributed by atoms with van der Waals surface area (Å²) in [4.78, 5) is 3.99. The number of halogens is 1. The average Bonchev–Trinajstić information content (AvgIpc) is 2.39. The van der Waals surface area contributed by atoms with E-state index in [-0.39, 0.29) is 16.1 Å². The quantitative estimate of drug-likeness (QED) is 0.792. The first-order chi connectivity index (χ1) is 8.55. The molecule has 0 N–H and O–H groups in total. The van der Waals surface area contributed by atoms with Crippen LogP contribution in [0.25, 0.3) is 0 Å². The molecule has 0 aliphatic carbocycles. The largest absolute Gasteiger partial charge is 0.378 e. The topological polar surface area (TPSA) is 59.5 Å². The molecule has 0 bridgehead atoms. The molecule has 18 heavy (non-hydrogen) atoms. The summed E-state index contributed by atoms with van der Waals surface area (Å²) in [5.74, 6) is 0. The molecule has 1 unspecified atom stereocenters. The highest BCUT2D eigenvalue weighted by Crippen LogP contribution is 2.22. The Kier molecular flexibility index (Phi) is 4.21. The molecular weight excluding hydrogens is 276 g/mol. The van der Waals surface area contributed by atoms with Gasteiger partial charge in [-0.1, -0.05) is 18.5 Å². The molecular formula is C11H15ClN2O3S. The van der Waals surface area contributed by atoms with Gasteiger partial charge in [-0.25, -0.2) is 13.4 Å². The molecule has 0 saturated carbocycles. The lowest BCUT2D eigenvalue weighted by Crippen LogP contribution is -2.48. The summed E-state index contributed by atoms with van der Waals surface area (Å²) < 4.78 is 31.7. The highest BCUT2D eigenvalue weighted by atomic mass is 35.5. The third-order valence-corrected chi connectivity index (χ3v) is 5.11. The summed E-state index contributed by atoms with van der Waals surface area (Å²) in [6.45, 7) is 3.19. The zero-order valence-corrected chi connectivity index (χ0v) is 11.6. The van der Waals surface area contributed by atoms with Crippen LogP contribution in [-0.4, -0.2) is 43.5 Å². The minimum Gasteiger partial charge on any atom is -0.378 e. The van der Waals surface area contributed by atoms with E-state index < -0.39 is 10.0 Å². The third kappa shape index (κ3) is 2.66. The van der Waals surface area contributed by atoms with Crippen molar-refractivity contribution in [3.8, 4) is 0 Å². The van der Waals surface area contributed by atoms with Gasteiger partial charge in [-0.2, -0.15) is 4.31 Å². The van der Waals surface area contributed by atoms with Crippen LogP contribution in [0.2, 0.25) is 5.15 Å². The highest BCUT2D eigenvalue weighted by Gasteiger charge is 2.33. The number of pyridine rings is 1. The minimum atomic E-state index is -3.51. The fourth-order valence-electron chi connectivity index (χ4n) is 1.93. The first kappa shape index (κ1) is 13.7. The van der Waals surface area contributed by atoms with Gasteiger partial charge < -0.3 is 4.74 Å². The van der Waals surface area contributed by atoms with E-state index in [1.54, 1.807) is 0 Å². The van der Waals surface area contributed by atoms with Crippen molar-refractivity contribution in [2.75, 3.05) is 19.8 Å². The molecule has 1 aromatic rings. The van der Waals surface area contributed by atoms with Gasteiger partial charge in [0.1, 0.15) is 10.0 Å². The number of aromatic nitrogens is 1. The van der Waals surface area contributed by atoms with E-state index in [1.165, 1.54) is 22.6 Å². The van der Waals surface area contributed by atoms with Crippen molar-refractivity contribution in [1.29, 1.82) is 0 Å². The molecule has 1 aliphatic heterocycles. The first-order valence-corrected chi connectivity index (χ1v) is 7.58. The average molecular weight is 291 g/mol. The van der Waals surface area contributed by atoms with E-state index in [9.17, 15) is 8.42 Å². The third-order valence-electron chi connectivity index (χ3n) is 2.95. The molecule has 5 nitrogen and oxygen atoms in total. The number of sulfonamides is 1. The Morgan fingerprint density at radius 2 is 2.33 bits per heavy atom. The number of hydrogen-bond acceptors (Lipinski definition) is 4.